The second-order valence-electron chi connectivity index (χ2n) is 6.32. The molecule has 0 radical (unpaired) electrons. The maximum Gasteiger partial charge on any atom is 0.245 e. The fourth-order valence-electron chi connectivity index (χ4n) is 3.07. The third kappa shape index (κ3) is 3.37. The van der Waals surface area contributed by atoms with Crippen molar-refractivity contribution in [2.45, 2.75) is 13.5 Å². The van der Waals surface area contributed by atoms with Crippen molar-refractivity contribution in [3.63, 3.8) is 0 Å². The highest BCUT2D eigenvalue weighted by Crippen LogP contribution is 2.21. The van der Waals surface area contributed by atoms with Gasteiger partial charge in [-0.1, -0.05) is 41.6 Å². The van der Waals surface area contributed by atoms with Crippen molar-refractivity contribution in [1.29, 1.82) is 0 Å². The van der Waals surface area contributed by atoms with E-state index in [-0.39, 0.29) is 17.9 Å². The molecular formula is C21H17N3O3. The summed E-state index contributed by atoms with van der Waals surface area (Å²) >= 11 is 0. The Kier molecular flexibility index (Phi) is 4.30. The molecule has 2 aromatic carbocycles. The molecule has 0 atom stereocenters. The second kappa shape index (κ2) is 6.92. The lowest BCUT2D eigenvalue weighted by atomic mass is 10.0. The van der Waals surface area contributed by atoms with Crippen LogP contribution in [0.4, 0.5) is 5.82 Å². The Hall–Kier alpha value is -3.67. The van der Waals surface area contributed by atoms with Gasteiger partial charge in [0, 0.05) is 23.2 Å². The highest BCUT2D eigenvalue weighted by molar-refractivity contribution is 5.91. The summed E-state index contributed by atoms with van der Waals surface area (Å²) in [5.41, 5.74) is 3.05. The molecule has 0 saturated carbocycles. The first-order chi connectivity index (χ1) is 13.1. The molecule has 1 N–H and O–H groups in total. The smallest absolute Gasteiger partial charge is 0.245 e. The average Bonchev–Trinajstić information content (AvgIpc) is 3.17. The molecule has 27 heavy (non-hydrogen) atoms. The summed E-state index contributed by atoms with van der Waals surface area (Å²) in [6.07, 6.45) is 3.13. The maximum absolute atomic E-state index is 13.0. The summed E-state index contributed by atoms with van der Waals surface area (Å²) in [6, 6.07) is 16.6. The Morgan fingerprint density at radius 2 is 1.96 bits per heavy atom. The van der Waals surface area contributed by atoms with Gasteiger partial charge in [0.1, 0.15) is 12.8 Å². The topological polar surface area (TPSA) is 77.1 Å². The number of carbonyl (C=O) groups is 1. The number of hydrogen-bond acceptors (Lipinski definition) is 4. The van der Waals surface area contributed by atoms with Gasteiger partial charge in [-0.15, -0.1) is 0 Å². The van der Waals surface area contributed by atoms with Crippen LogP contribution >= 0.6 is 0 Å². The van der Waals surface area contributed by atoms with Crippen LogP contribution in [0.2, 0.25) is 0 Å². The molecule has 1 amide bonds. The van der Waals surface area contributed by atoms with Crippen molar-refractivity contribution < 1.29 is 9.32 Å². The van der Waals surface area contributed by atoms with Crippen LogP contribution in [-0.2, 0) is 11.3 Å². The van der Waals surface area contributed by atoms with Gasteiger partial charge in [0.2, 0.25) is 5.91 Å². The molecule has 0 aliphatic carbocycles. The minimum absolute atomic E-state index is 0.0485. The summed E-state index contributed by atoms with van der Waals surface area (Å²) < 4.78 is 6.52. The van der Waals surface area contributed by atoms with E-state index in [9.17, 15) is 9.59 Å². The Balaban J connectivity index is 1.82. The minimum atomic E-state index is -0.255. The molecule has 6 heteroatoms. The number of nitrogens with zero attached hydrogens (tertiary/aromatic N) is 2. The van der Waals surface area contributed by atoms with Crippen molar-refractivity contribution in [3.8, 4) is 11.1 Å². The monoisotopic (exact) mass is 359 g/mol. The molecule has 0 saturated heterocycles. The van der Waals surface area contributed by atoms with E-state index in [1.807, 2.05) is 55.5 Å². The first-order valence-corrected chi connectivity index (χ1v) is 8.51. The number of hydrogen-bond donors (Lipinski definition) is 1. The standard InChI is InChI=1S/C21H17N3O3/c1-14-7-8-16-18(11-14)24(13-20(25)22-19-9-10-27-23-19)12-17(21(16)26)15-5-3-2-4-6-15/h2-12H,13H2,1H3,(H,22,23,25). The SMILES string of the molecule is Cc1ccc2c(=O)c(-c3ccccc3)cn(CC(=O)Nc3ccon3)c2c1. The van der Waals surface area contributed by atoms with Gasteiger partial charge in [-0.05, 0) is 30.2 Å². The number of aromatic nitrogens is 2. The number of carbonyl (C=O) groups excluding carboxylic acids is 1. The van der Waals surface area contributed by atoms with Crippen LogP contribution in [0.3, 0.4) is 0 Å². The highest BCUT2D eigenvalue weighted by atomic mass is 16.5. The van der Waals surface area contributed by atoms with E-state index in [0.717, 1.165) is 16.6 Å². The van der Waals surface area contributed by atoms with Crippen molar-refractivity contribution >= 4 is 22.6 Å². The number of aryl methyl sites for hydroxylation is 1. The van der Waals surface area contributed by atoms with Gasteiger partial charge >= 0.3 is 0 Å². The molecule has 0 spiro atoms. The van der Waals surface area contributed by atoms with E-state index in [1.165, 1.54) is 6.26 Å². The van der Waals surface area contributed by atoms with Gasteiger partial charge < -0.3 is 14.4 Å². The van der Waals surface area contributed by atoms with Crippen molar-refractivity contribution in [2.24, 2.45) is 0 Å². The van der Waals surface area contributed by atoms with Gasteiger partial charge in [0.05, 0.1) is 5.52 Å². The van der Waals surface area contributed by atoms with Crippen molar-refractivity contribution in [3.05, 3.63) is 82.8 Å². The minimum Gasteiger partial charge on any atom is -0.363 e. The Morgan fingerprint density at radius 3 is 2.70 bits per heavy atom. The number of amides is 1. The van der Waals surface area contributed by atoms with E-state index in [2.05, 4.69) is 10.5 Å². The fraction of sp³-hybridized carbons (Fsp3) is 0.0952. The fourth-order valence-corrected chi connectivity index (χ4v) is 3.07. The van der Waals surface area contributed by atoms with Crippen LogP contribution in [0.5, 0.6) is 0 Å². The summed E-state index contributed by atoms with van der Waals surface area (Å²) in [5, 5.41) is 6.95. The molecule has 4 rings (SSSR count). The summed E-state index contributed by atoms with van der Waals surface area (Å²) in [7, 11) is 0. The van der Waals surface area contributed by atoms with E-state index in [4.69, 9.17) is 4.52 Å². The number of anilines is 1. The zero-order valence-corrected chi connectivity index (χ0v) is 14.7. The van der Waals surface area contributed by atoms with Crippen LogP contribution in [-0.4, -0.2) is 15.6 Å². The van der Waals surface area contributed by atoms with E-state index >= 15 is 0 Å². The van der Waals surface area contributed by atoms with E-state index < -0.39 is 0 Å². The quantitative estimate of drug-likeness (QED) is 0.604. The predicted molar refractivity (Wildman–Crippen MR) is 104 cm³/mol. The van der Waals surface area contributed by atoms with Gasteiger partial charge in [0.25, 0.3) is 0 Å². The molecule has 0 aliphatic rings. The lowest BCUT2D eigenvalue weighted by molar-refractivity contribution is -0.116. The first kappa shape index (κ1) is 16.8. The number of fused-ring (bicyclic) bond motifs is 1. The second-order valence-corrected chi connectivity index (χ2v) is 6.32. The third-order valence-corrected chi connectivity index (χ3v) is 4.34. The first-order valence-electron chi connectivity index (χ1n) is 8.51. The number of benzene rings is 2. The number of nitrogens with one attached hydrogen (secondary N) is 1. The number of rotatable bonds is 4. The summed E-state index contributed by atoms with van der Waals surface area (Å²) in [5.74, 6) is 0.0965. The third-order valence-electron chi connectivity index (χ3n) is 4.34. The van der Waals surface area contributed by atoms with Crippen molar-refractivity contribution in [2.75, 3.05) is 5.32 Å². The molecular weight excluding hydrogens is 342 g/mol. The Bertz CT molecular complexity index is 1160. The van der Waals surface area contributed by atoms with Crippen LogP contribution in [0, 0.1) is 6.92 Å². The molecule has 0 unspecified atom stereocenters. The van der Waals surface area contributed by atoms with Crippen LogP contribution in [0.1, 0.15) is 5.56 Å². The zero-order chi connectivity index (χ0) is 18.8. The predicted octanol–water partition coefficient (Wildman–Crippen LogP) is 3.60. The maximum atomic E-state index is 13.0. The Morgan fingerprint density at radius 1 is 1.15 bits per heavy atom. The molecule has 2 aromatic heterocycles. The molecule has 0 bridgehead atoms. The summed E-state index contributed by atoms with van der Waals surface area (Å²) in [6.45, 7) is 2.00. The van der Waals surface area contributed by atoms with Gasteiger partial charge in [-0.25, -0.2) is 0 Å². The molecule has 0 aliphatic heterocycles. The van der Waals surface area contributed by atoms with Gasteiger partial charge in [-0.2, -0.15) is 0 Å². The van der Waals surface area contributed by atoms with Crippen LogP contribution in [0.25, 0.3) is 22.0 Å². The van der Waals surface area contributed by atoms with E-state index in [0.29, 0.717) is 16.8 Å². The highest BCUT2D eigenvalue weighted by Gasteiger charge is 2.13. The molecule has 134 valence electrons. The zero-order valence-electron chi connectivity index (χ0n) is 14.7. The normalized spacial score (nSPS) is 10.9. The van der Waals surface area contributed by atoms with Gasteiger partial charge in [-0.3, -0.25) is 9.59 Å². The molecule has 2 heterocycles. The lowest BCUT2D eigenvalue weighted by Gasteiger charge is -2.14. The number of pyridine rings is 1. The van der Waals surface area contributed by atoms with Gasteiger partial charge in [0.15, 0.2) is 11.2 Å². The van der Waals surface area contributed by atoms with Crippen LogP contribution in [0.15, 0.2) is 76.4 Å². The largest absolute Gasteiger partial charge is 0.363 e. The Labute approximate surface area is 155 Å². The molecule has 6 nitrogen and oxygen atoms in total. The van der Waals surface area contributed by atoms with E-state index in [1.54, 1.807) is 16.8 Å². The van der Waals surface area contributed by atoms with Crippen molar-refractivity contribution in [1.82, 2.24) is 9.72 Å². The molecule has 0 fully saturated rings. The van der Waals surface area contributed by atoms with Crippen LogP contribution < -0.4 is 10.7 Å². The summed E-state index contributed by atoms with van der Waals surface area (Å²) in [4.78, 5) is 25.4. The lowest BCUT2D eigenvalue weighted by Crippen LogP contribution is -2.21. The molecule has 4 aromatic rings. The average molecular weight is 359 g/mol.